The standard InChI is InChI=1S/C32H16N2O2/c35-31-21-11-5-9-19-17-7-1-3-13-25(17)33(29(19)21)27-15-24-28(16-23(27)31)34-26-14-4-2-8-18(26)20-10-6-12-22(30(20)34)32(24)36/h1-16H. The maximum Gasteiger partial charge on any atom is 0.197 e. The highest BCUT2D eigenvalue weighted by Crippen LogP contribution is 2.37. The summed E-state index contributed by atoms with van der Waals surface area (Å²) in [6.45, 7) is 0. The smallest absolute Gasteiger partial charge is 0.197 e. The van der Waals surface area contributed by atoms with Gasteiger partial charge in [0.1, 0.15) is 0 Å². The molecule has 4 aromatic heterocycles. The Bertz CT molecular complexity index is 2340. The molecule has 5 aromatic carbocycles. The summed E-state index contributed by atoms with van der Waals surface area (Å²) in [7, 11) is 0. The molecule has 0 spiro atoms. The first-order valence-electron chi connectivity index (χ1n) is 12.0. The SMILES string of the molecule is O=c1c2cc3c(cc2n2c4ccccc4c4cccc1c42)c(=O)c1cccc2c4ccccc4n3c12. The first-order valence-corrected chi connectivity index (χ1v) is 12.0. The summed E-state index contributed by atoms with van der Waals surface area (Å²) in [5.74, 6) is 0. The van der Waals surface area contributed by atoms with Crippen LogP contribution in [0.2, 0.25) is 0 Å². The molecule has 4 nitrogen and oxygen atoms in total. The van der Waals surface area contributed by atoms with E-state index in [4.69, 9.17) is 0 Å². The molecule has 0 unspecified atom stereocenters. The molecule has 36 heavy (non-hydrogen) atoms. The third kappa shape index (κ3) is 1.92. The molecule has 0 saturated heterocycles. The predicted molar refractivity (Wildman–Crippen MR) is 148 cm³/mol. The molecule has 0 bridgehead atoms. The zero-order valence-electron chi connectivity index (χ0n) is 18.9. The van der Waals surface area contributed by atoms with Crippen LogP contribution in [0.25, 0.3) is 76.2 Å². The lowest BCUT2D eigenvalue weighted by atomic mass is 10.0. The topological polar surface area (TPSA) is 43.0 Å². The van der Waals surface area contributed by atoms with Crippen molar-refractivity contribution in [3.05, 3.63) is 118 Å². The van der Waals surface area contributed by atoms with Crippen molar-refractivity contribution in [2.45, 2.75) is 0 Å². The van der Waals surface area contributed by atoms with E-state index < -0.39 is 0 Å². The van der Waals surface area contributed by atoms with Crippen molar-refractivity contribution in [3.63, 3.8) is 0 Å². The highest BCUT2D eigenvalue weighted by atomic mass is 16.1. The maximum absolute atomic E-state index is 13.9. The van der Waals surface area contributed by atoms with Gasteiger partial charge in [0.2, 0.25) is 0 Å². The molecule has 0 atom stereocenters. The fourth-order valence-electron chi connectivity index (χ4n) is 6.50. The van der Waals surface area contributed by atoms with Gasteiger partial charge >= 0.3 is 0 Å². The number of para-hydroxylation sites is 4. The third-order valence-electron chi connectivity index (χ3n) is 7.96. The van der Waals surface area contributed by atoms with Crippen LogP contribution in [0.3, 0.4) is 0 Å². The van der Waals surface area contributed by atoms with Gasteiger partial charge in [0.25, 0.3) is 0 Å². The van der Waals surface area contributed by atoms with Gasteiger partial charge in [-0.1, -0.05) is 60.7 Å². The summed E-state index contributed by atoms with van der Waals surface area (Å²) in [5, 5.41) is 6.93. The number of nitrogens with zero attached hydrogens (tertiary/aromatic N) is 2. The van der Waals surface area contributed by atoms with Crippen LogP contribution in [0, 0.1) is 0 Å². The lowest BCUT2D eigenvalue weighted by Gasteiger charge is -2.11. The fraction of sp³-hybridized carbons (Fsp3) is 0. The van der Waals surface area contributed by atoms with Gasteiger partial charge < -0.3 is 8.80 Å². The van der Waals surface area contributed by atoms with Crippen molar-refractivity contribution in [2.75, 3.05) is 0 Å². The van der Waals surface area contributed by atoms with Crippen LogP contribution < -0.4 is 10.9 Å². The van der Waals surface area contributed by atoms with E-state index in [1.54, 1.807) is 0 Å². The van der Waals surface area contributed by atoms with E-state index in [1.165, 1.54) is 0 Å². The van der Waals surface area contributed by atoms with Gasteiger partial charge in [-0.25, -0.2) is 0 Å². The second-order valence-corrected chi connectivity index (χ2v) is 9.65. The van der Waals surface area contributed by atoms with E-state index in [1.807, 2.05) is 60.7 Å². The van der Waals surface area contributed by atoms with Gasteiger partial charge in [-0.05, 0) is 36.4 Å². The summed E-state index contributed by atoms with van der Waals surface area (Å²) in [6, 6.07) is 32.2. The number of fused-ring (bicyclic) bond motifs is 10. The Morgan fingerprint density at radius 2 is 0.750 bits per heavy atom. The van der Waals surface area contributed by atoms with Gasteiger partial charge in [-0.15, -0.1) is 0 Å². The molecule has 0 aliphatic heterocycles. The molecule has 4 heterocycles. The van der Waals surface area contributed by atoms with E-state index >= 15 is 0 Å². The molecular formula is C32H16N2O2. The van der Waals surface area contributed by atoms with Crippen LogP contribution in [0.5, 0.6) is 0 Å². The minimum absolute atomic E-state index is 0.00674. The maximum atomic E-state index is 13.9. The summed E-state index contributed by atoms with van der Waals surface area (Å²) in [6.07, 6.45) is 0. The Labute approximate surface area is 202 Å². The first-order chi connectivity index (χ1) is 17.7. The van der Waals surface area contributed by atoms with Crippen molar-refractivity contribution >= 4 is 76.2 Å². The lowest BCUT2D eigenvalue weighted by molar-refractivity contribution is 1.32. The molecule has 0 radical (unpaired) electrons. The van der Waals surface area contributed by atoms with E-state index in [-0.39, 0.29) is 10.9 Å². The van der Waals surface area contributed by atoms with E-state index in [9.17, 15) is 9.59 Å². The largest absolute Gasteiger partial charge is 0.308 e. The molecule has 0 amide bonds. The van der Waals surface area contributed by atoms with E-state index in [0.29, 0.717) is 21.5 Å². The van der Waals surface area contributed by atoms with Crippen LogP contribution >= 0.6 is 0 Å². The van der Waals surface area contributed by atoms with Crippen molar-refractivity contribution in [3.8, 4) is 0 Å². The number of rotatable bonds is 0. The third-order valence-corrected chi connectivity index (χ3v) is 7.96. The molecule has 9 rings (SSSR count). The van der Waals surface area contributed by atoms with Crippen molar-refractivity contribution < 1.29 is 0 Å². The number of hydrogen-bond acceptors (Lipinski definition) is 2. The monoisotopic (exact) mass is 460 g/mol. The van der Waals surface area contributed by atoms with Crippen LogP contribution in [0.1, 0.15) is 0 Å². The summed E-state index contributed by atoms with van der Waals surface area (Å²) in [4.78, 5) is 27.8. The number of benzene rings is 5. The quantitative estimate of drug-likeness (QED) is 0.236. The zero-order chi connectivity index (χ0) is 23.7. The van der Waals surface area contributed by atoms with Gasteiger partial charge in [0, 0.05) is 43.1 Å². The first kappa shape index (κ1) is 18.4. The zero-order valence-corrected chi connectivity index (χ0v) is 18.9. The Balaban J connectivity index is 1.66. The normalized spacial score (nSPS) is 12.7. The molecule has 0 saturated carbocycles. The van der Waals surface area contributed by atoms with Crippen LogP contribution in [0.4, 0.5) is 0 Å². The van der Waals surface area contributed by atoms with Crippen molar-refractivity contribution in [2.24, 2.45) is 0 Å². The van der Waals surface area contributed by atoms with Gasteiger partial charge in [-0.3, -0.25) is 9.59 Å². The second-order valence-electron chi connectivity index (χ2n) is 9.65. The van der Waals surface area contributed by atoms with Crippen molar-refractivity contribution in [1.29, 1.82) is 0 Å². The Morgan fingerprint density at radius 1 is 0.361 bits per heavy atom. The van der Waals surface area contributed by atoms with E-state index in [2.05, 4.69) is 45.2 Å². The number of hydrogen-bond donors (Lipinski definition) is 0. The lowest BCUT2D eigenvalue weighted by Crippen LogP contribution is -2.10. The molecular weight excluding hydrogens is 444 g/mol. The molecule has 4 heteroatoms. The van der Waals surface area contributed by atoms with Gasteiger partial charge in [0.05, 0.1) is 33.1 Å². The summed E-state index contributed by atoms with van der Waals surface area (Å²) < 4.78 is 4.32. The van der Waals surface area contributed by atoms with Crippen LogP contribution in [0.15, 0.2) is 107 Å². The van der Waals surface area contributed by atoms with Crippen LogP contribution in [-0.2, 0) is 0 Å². The Morgan fingerprint density at radius 3 is 1.22 bits per heavy atom. The molecule has 166 valence electrons. The van der Waals surface area contributed by atoms with Gasteiger partial charge in [-0.2, -0.15) is 0 Å². The Hall–Kier alpha value is -4.96. The fourth-order valence-corrected chi connectivity index (χ4v) is 6.50. The Kier molecular flexibility index (Phi) is 3.06. The molecule has 0 aliphatic carbocycles. The predicted octanol–water partition coefficient (Wildman–Crippen LogP) is 6.71. The minimum atomic E-state index is -0.00674. The van der Waals surface area contributed by atoms with Crippen molar-refractivity contribution in [1.82, 2.24) is 8.80 Å². The van der Waals surface area contributed by atoms with Gasteiger partial charge in [0.15, 0.2) is 10.9 Å². The highest BCUT2D eigenvalue weighted by molar-refractivity contribution is 6.20. The highest BCUT2D eigenvalue weighted by Gasteiger charge is 2.21. The van der Waals surface area contributed by atoms with Crippen LogP contribution in [-0.4, -0.2) is 8.80 Å². The van der Waals surface area contributed by atoms with E-state index in [0.717, 1.165) is 54.6 Å². The molecule has 0 fully saturated rings. The second kappa shape index (κ2) is 5.99. The molecule has 0 aliphatic rings. The molecule has 9 aromatic rings. The average molecular weight is 460 g/mol. The summed E-state index contributed by atoms with van der Waals surface area (Å²) >= 11 is 0. The summed E-state index contributed by atoms with van der Waals surface area (Å²) in [5.41, 5.74) is 5.41. The number of pyridine rings is 2. The number of aromatic nitrogens is 2. The molecule has 0 N–H and O–H groups in total. The minimum Gasteiger partial charge on any atom is -0.308 e. The average Bonchev–Trinajstić information content (AvgIpc) is 3.44.